The molecule has 0 fully saturated rings. The van der Waals surface area contributed by atoms with Gasteiger partial charge < -0.3 is 9.47 Å². The van der Waals surface area contributed by atoms with Gasteiger partial charge in [0.2, 0.25) is 0 Å². The van der Waals surface area contributed by atoms with Gasteiger partial charge in [0, 0.05) is 10.4 Å². The lowest BCUT2D eigenvalue weighted by Crippen LogP contribution is -2.18. The molecule has 3 rings (SSSR count). The molecule has 0 unspecified atom stereocenters. The maximum Gasteiger partial charge on any atom is 0.416 e. The molecular weight excluding hydrogens is 652 g/mol. The van der Waals surface area contributed by atoms with Gasteiger partial charge in [0.05, 0.1) is 47.5 Å². The maximum atomic E-state index is 13.4. The van der Waals surface area contributed by atoms with Gasteiger partial charge in [-0.25, -0.2) is 20.2 Å². The highest BCUT2D eigenvalue weighted by atomic mass is 19.4. The van der Waals surface area contributed by atoms with Crippen molar-refractivity contribution < 1.29 is 62.2 Å². The molecule has 0 amide bonds. The van der Waals surface area contributed by atoms with E-state index in [-0.39, 0.29) is 36.4 Å². The number of hydrogen-bond donors (Lipinski definition) is 0. The third kappa shape index (κ3) is 7.79. The highest BCUT2D eigenvalue weighted by Crippen LogP contribution is 2.40. The van der Waals surface area contributed by atoms with E-state index in [4.69, 9.17) is 22.6 Å². The van der Waals surface area contributed by atoms with E-state index in [1.165, 1.54) is 12.1 Å². The number of alkyl halides is 12. The third-order valence-corrected chi connectivity index (χ3v) is 5.61. The van der Waals surface area contributed by atoms with Crippen molar-refractivity contribution in [1.29, 1.82) is 10.5 Å². The van der Waals surface area contributed by atoms with Crippen LogP contribution in [-0.2, 0) is 24.7 Å². The van der Waals surface area contributed by atoms with E-state index in [1.807, 2.05) is 0 Å². The van der Waals surface area contributed by atoms with Gasteiger partial charge in [0.15, 0.2) is 0 Å². The van der Waals surface area contributed by atoms with E-state index >= 15 is 0 Å². The Kier molecular flexibility index (Phi) is 9.22. The zero-order chi connectivity index (χ0) is 34.8. The van der Waals surface area contributed by atoms with E-state index in [1.54, 1.807) is 0 Å². The van der Waals surface area contributed by atoms with Gasteiger partial charge in [-0.05, 0) is 48.5 Å². The molecular formula is C28H8F12N4O2. The zero-order valence-corrected chi connectivity index (χ0v) is 21.8. The summed E-state index contributed by atoms with van der Waals surface area (Å²) in [5, 5.41) is 17.3. The highest BCUT2D eigenvalue weighted by molar-refractivity contribution is 5.72. The highest BCUT2D eigenvalue weighted by Gasteiger charge is 2.38. The van der Waals surface area contributed by atoms with Gasteiger partial charge in [0.25, 0.3) is 11.4 Å². The third-order valence-electron chi connectivity index (χ3n) is 5.61. The molecule has 0 saturated carbocycles. The molecule has 3 aromatic carbocycles. The SMILES string of the molecule is [C-]#[N+]C(C#N)=c1cc(Oc2cc(C(F)(F)F)cc(C(F)(F)F)c2)c(=C(C#N)[N+]#[C-])cc1Oc1cc(C(F)(F)F)cc(C(F)(F)F)c1. The van der Waals surface area contributed by atoms with Crippen molar-refractivity contribution in [3.8, 4) is 35.1 Å². The van der Waals surface area contributed by atoms with Gasteiger partial charge in [-0.3, -0.25) is 0 Å². The Balaban J connectivity index is 2.43. The molecule has 0 aromatic heterocycles. The molecule has 0 aliphatic carbocycles. The molecule has 0 radical (unpaired) electrons. The number of rotatable bonds is 4. The summed E-state index contributed by atoms with van der Waals surface area (Å²) in [5.74, 6) is -4.17. The average Bonchev–Trinajstić information content (AvgIpc) is 2.94. The molecule has 0 aliphatic heterocycles. The monoisotopic (exact) mass is 660 g/mol. The number of hydrogen-bond acceptors (Lipinski definition) is 4. The summed E-state index contributed by atoms with van der Waals surface area (Å²) in [6.07, 6.45) is -21.3. The van der Waals surface area contributed by atoms with E-state index < -0.39 is 91.8 Å². The summed E-state index contributed by atoms with van der Waals surface area (Å²) >= 11 is 0. The van der Waals surface area contributed by atoms with Crippen LogP contribution >= 0.6 is 0 Å². The van der Waals surface area contributed by atoms with Crippen LogP contribution in [0.15, 0.2) is 48.5 Å². The normalized spacial score (nSPS) is 13.4. The summed E-state index contributed by atoms with van der Waals surface area (Å²) in [6.45, 7) is 14.4. The molecule has 18 heteroatoms. The van der Waals surface area contributed by atoms with Crippen molar-refractivity contribution in [3.05, 3.63) is 104 Å². The first-order chi connectivity index (χ1) is 21.1. The predicted octanol–water partition coefficient (Wildman–Crippen LogP) is 8.45. The van der Waals surface area contributed by atoms with Crippen molar-refractivity contribution in [1.82, 2.24) is 0 Å². The van der Waals surface area contributed by atoms with E-state index in [0.717, 1.165) is 0 Å². The molecule has 3 aromatic rings. The summed E-state index contributed by atoms with van der Waals surface area (Å²) in [5.41, 5.74) is -9.38. The van der Waals surface area contributed by atoms with Gasteiger partial charge in [-0.1, -0.05) is 0 Å². The standard InChI is InChI=1S/C28H8F12N4O2/c1-43-21(11-41)19-9-24(46-18-7-15(27(35,36)37)4-16(8-18)28(38,39)40)20(22(12-42)44-2)10-23(19)45-17-5-13(25(29,30)31)3-14(6-17)26(32,33)34/h3-10H. The molecule has 6 nitrogen and oxygen atoms in total. The van der Waals surface area contributed by atoms with Crippen LogP contribution in [0, 0.1) is 35.8 Å². The second kappa shape index (κ2) is 12.3. The molecule has 0 spiro atoms. The Morgan fingerprint density at radius 2 is 0.761 bits per heavy atom. The Morgan fingerprint density at radius 3 is 0.957 bits per heavy atom. The average molecular weight is 660 g/mol. The lowest BCUT2D eigenvalue weighted by Gasteiger charge is -2.17. The van der Waals surface area contributed by atoms with E-state index in [0.29, 0.717) is 12.1 Å². The van der Waals surface area contributed by atoms with Crippen LogP contribution in [-0.4, -0.2) is 0 Å². The van der Waals surface area contributed by atoms with Crippen LogP contribution in [0.3, 0.4) is 0 Å². The Bertz CT molecular complexity index is 1760. The number of halogens is 12. The quantitative estimate of drug-likeness (QED) is 0.208. The lowest BCUT2D eigenvalue weighted by molar-refractivity contribution is -0.144. The van der Waals surface area contributed by atoms with E-state index in [9.17, 15) is 63.2 Å². The summed E-state index contributed by atoms with van der Waals surface area (Å²) in [6, 6.07) is 3.65. The minimum absolute atomic E-state index is 0.109. The summed E-state index contributed by atoms with van der Waals surface area (Å²) in [4.78, 5) is 5.66. The van der Waals surface area contributed by atoms with Crippen molar-refractivity contribution in [2.45, 2.75) is 24.7 Å². The fraction of sp³-hybridized carbons (Fsp3) is 0.143. The smallest absolute Gasteiger partial charge is 0.416 e. The van der Waals surface area contributed by atoms with Crippen molar-refractivity contribution in [2.75, 3.05) is 0 Å². The predicted molar refractivity (Wildman–Crippen MR) is 130 cm³/mol. The Morgan fingerprint density at radius 1 is 0.500 bits per heavy atom. The summed E-state index contributed by atoms with van der Waals surface area (Å²) in [7, 11) is 0. The molecule has 0 atom stereocenters. The minimum atomic E-state index is -5.34. The second-order valence-corrected chi connectivity index (χ2v) is 8.68. The molecule has 0 aliphatic rings. The van der Waals surface area contributed by atoms with Gasteiger partial charge >= 0.3 is 24.7 Å². The van der Waals surface area contributed by atoms with Crippen LogP contribution in [0.1, 0.15) is 22.3 Å². The largest absolute Gasteiger partial charge is 0.458 e. The van der Waals surface area contributed by atoms with Crippen LogP contribution in [0.2, 0.25) is 0 Å². The molecule has 46 heavy (non-hydrogen) atoms. The fourth-order valence-electron chi connectivity index (χ4n) is 3.61. The van der Waals surface area contributed by atoms with E-state index in [2.05, 4.69) is 9.69 Å². The number of nitrogens with zero attached hydrogens (tertiary/aromatic N) is 4. The number of benzene rings is 3. The van der Waals surface area contributed by atoms with Crippen molar-refractivity contribution in [2.24, 2.45) is 0 Å². The molecule has 0 saturated heterocycles. The van der Waals surface area contributed by atoms with Crippen LogP contribution in [0.5, 0.6) is 23.0 Å². The molecule has 0 N–H and O–H groups in total. The first-order valence-electron chi connectivity index (χ1n) is 11.5. The Hall–Kier alpha value is -5.88. The van der Waals surface area contributed by atoms with Crippen molar-refractivity contribution >= 4 is 11.4 Å². The lowest BCUT2D eigenvalue weighted by atomic mass is 10.1. The van der Waals surface area contributed by atoms with Gasteiger partial charge in [0.1, 0.15) is 23.0 Å². The molecule has 236 valence electrons. The number of nitriles is 2. The van der Waals surface area contributed by atoms with Crippen molar-refractivity contribution in [3.63, 3.8) is 0 Å². The topological polar surface area (TPSA) is 74.8 Å². The minimum Gasteiger partial charge on any atom is -0.458 e. The van der Waals surface area contributed by atoms with Crippen LogP contribution in [0.4, 0.5) is 52.7 Å². The second-order valence-electron chi connectivity index (χ2n) is 8.68. The first-order valence-corrected chi connectivity index (χ1v) is 11.5. The summed E-state index contributed by atoms with van der Waals surface area (Å²) < 4.78 is 171. The van der Waals surface area contributed by atoms with Crippen LogP contribution in [0.25, 0.3) is 21.1 Å². The number of ether oxygens (including phenoxy) is 2. The molecule has 0 bridgehead atoms. The molecule has 0 heterocycles. The fourth-order valence-corrected chi connectivity index (χ4v) is 3.61. The van der Waals surface area contributed by atoms with Gasteiger partial charge in [-0.2, -0.15) is 52.7 Å². The van der Waals surface area contributed by atoms with Gasteiger partial charge in [-0.15, -0.1) is 0 Å². The zero-order valence-electron chi connectivity index (χ0n) is 21.8. The van der Waals surface area contributed by atoms with Crippen LogP contribution < -0.4 is 19.9 Å². The Labute approximate surface area is 248 Å². The maximum absolute atomic E-state index is 13.4. The first kappa shape index (κ1) is 34.6.